The smallest absolute Gasteiger partial charge is 0.416 e. The first-order valence-corrected chi connectivity index (χ1v) is 14.6. The minimum Gasteiger partial charge on any atom is -0.493 e. The van der Waals surface area contributed by atoms with Crippen molar-refractivity contribution in [2.75, 3.05) is 38.2 Å². The molecule has 2 aliphatic rings. The fourth-order valence-electron chi connectivity index (χ4n) is 4.89. The van der Waals surface area contributed by atoms with Gasteiger partial charge in [-0.15, -0.1) is 0 Å². The summed E-state index contributed by atoms with van der Waals surface area (Å²) in [6, 6.07) is 10.6. The van der Waals surface area contributed by atoms with E-state index in [-0.39, 0.29) is 17.6 Å². The second kappa shape index (κ2) is 13.0. The Hall–Kier alpha value is -4.34. The van der Waals surface area contributed by atoms with Gasteiger partial charge in [0.15, 0.2) is 16.7 Å². The van der Waals surface area contributed by atoms with Crippen LogP contribution in [-0.2, 0) is 29.9 Å². The molecule has 0 aromatic heterocycles. The highest BCUT2D eigenvalue weighted by molar-refractivity contribution is 8.18. The Bertz CT molecular complexity index is 1690. The Morgan fingerprint density at radius 1 is 0.766 bits per heavy atom. The molecule has 0 saturated carbocycles. The molecule has 0 N–H and O–H groups in total. The normalized spacial score (nSPS) is 16.9. The number of aliphatic imine (C=N–C) groups is 1. The Morgan fingerprint density at radius 3 is 1.98 bits per heavy atom. The van der Waals surface area contributed by atoms with Crippen molar-refractivity contribution in [1.29, 1.82) is 0 Å². The first-order valence-electron chi connectivity index (χ1n) is 13.8. The van der Waals surface area contributed by atoms with Crippen LogP contribution < -0.4 is 14.4 Å². The van der Waals surface area contributed by atoms with E-state index in [0.717, 1.165) is 23.9 Å². The molecule has 0 bridgehead atoms. The summed E-state index contributed by atoms with van der Waals surface area (Å²) >= 11 is 1.14. The van der Waals surface area contributed by atoms with Crippen LogP contribution in [0.3, 0.4) is 0 Å². The topological polar surface area (TPSA) is 54.4 Å². The number of amidine groups is 1. The van der Waals surface area contributed by atoms with Gasteiger partial charge in [0, 0.05) is 37.4 Å². The summed E-state index contributed by atoms with van der Waals surface area (Å²) in [6.07, 6.45) is -12.9. The van der Waals surface area contributed by atoms with Gasteiger partial charge >= 0.3 is 18.5 Å². The Balaban J connectivity index is 1.22. The zero-order valence-electron chi connectivity index (χ0n) is 24.3. The molecule has 250 valence electrons. The van der Waals surface area contributed by atoms with Crippen molar-refractivity contribution in [2.45, 2.75) is 25.1 Å². The van der Waals surface area contributed by atoms with Crippen LogP contribution in [0.15, 0.2) is 70.6 Å². The lowest BCUT2D eigenvalue weighted by Gasteiger charge is -2.36. The number of hydrogen-bond acceptors (Lipinski definition) is 6. The van der Waals surface area contributed by atoms with Gasteiger partial charge in [-0.05, 0) is 71.9 Å². The van der Waals surface area contributed by atoms with E-state index in [1.54, 1.807) is 6.08 Å². The molecule has 3 aromatic rings. The maximum absolute atomic E-state index is 13.5. The van der Waals surface area contributed by atoms with Gasteiger partial charge < -0.3 is 19.3 Å². The maximum atomic E-state index is 13.5. The van der Waals surface area contributed by atoms with Crippen molar-refractivity contribution in [3.05, 3.63) is 93.4 Å². The molecule has 3 aromatic carbocycles. The Kier molecular flexibility index (Phi) is 9.44. The first-order chi connectivity index (χ1) is 22.0. The molecule has 6 nitrogen and oxygen atoms in total. The summed E-state index contributed by atoms with van der Waals surface area (Å²) < 4.78 is 129. The highest BCUT2D eigenvalue weighted by atomic mass is 32.2. The van der Waals surface area contributed by atoms with Gasteiger partial charge in [0.1, 0.15) is 6.61 Å². The standard InChI is InChI=1S/C31H24F9N3O3S/c1-45-25-14-18(2-9-24(25)46-17-19-3-4-21(30(35,36)37)16-23(19)31(38,39)40)15-26-27(44)41-28(47-26)43-12-10-42(11-13-43)22-7-5-20(6-8-22)29(32,33)34/h2-9,14-16H,10-13,17H2,1H3. The number of ether oxygens (including phenoxy) is 2. The van der Waals surface area contributed by atoms with Crippen LogP contribution >= 0.6 is 11.8 Å². The van der Waals surface area contributed by atoms with Crippen molar-refractivity contribution in [1.82, 2.24) is 4.90 Å². The third kappa shape index (κ3) is 7.97. The van der Waals surface area contributed by atoms with Gasteiger partial charge in [-0.1, -0.05) is 12.1 Å². The predicted octanol–water partition coefficient (Wildman–Crippen LogP) is 8.12. The summed E-state index contributed by atoms with van der Waals surface area (Å²) in [5, 5.41) is 0.470. The van der Waals surface area contributed by atoms with Gasteiger partial charge in [-0.25, -0.2) is 0 Å². The van der Waals surface area contributed by atoms with Gasteiger partial charge in [-0.2, -0.15) is 44.5 Å². The summed E-state index contributed by atoms with van der Waals surface area (Å²) in [5.41, 5.74) is -3.00. The minimum absolute atomic E-state index is 0.0240. The third-order valence-electron chi connectivity index (χ3n) is 7.33. The van der Waals surface area contributed by atoms with Crippen molar-refractivity contribution in [3.8, 4) is 11.5 Å². The van der Waals surface area contributed by atoms with E-state index < -0.39 is 53.3 Å². The molecule has 5 rings (SSSR count). The molecule has 47 heavy (non-hydrogen) atoms. The number of piperazine rings is 1. The van der Waals surface area contributed by atoms with Gasteiger partial charge in [0.25, 0.3) is 5.91 Å². The third-order valence-corrected chi connectivity index (χ3v) is 8.37. The first kappa shape index (κ1) is 34.0. The quantitative estimate of drug-likeness (QED) is 0.193. The molecule has 0 aliphatic carbocycles. The molecular formula is C31H24F9N3O3S. The number of nitrogens with zero attached hydrogens (tertiary/aromatic N) is 3. The number of halogens is 9. The molecule has 0 unspecified atom stereocenters. The number of alkyl halides is 9. The van der Waals surface area contributed by atoms with Crippen molar-refractivity contribution in [2.24, 2.45) is 4.99 Å². The number of amides is 1. The Labute approximate surface area is 266 Å². The molecule has 1 saturated heterocycles. The zero-order chi connectivity index (χ0) is 34.1. The van der Waals surface area contributed by atoms with Gasteiger partial charge in [-0.3, -0.25) is 4.79 Å². The number of hydrogen-bond donors (Lipinski definition) is 0. The number of thioether (sulfide) groups is 1. The number of carbonyl (C=O) groups is 1. The summed E-state index contributed by atoms with van der Waals surface area (Å²) in [4.78, 5) is 21.0. The van der Waals surface area contributed by atoms with Crippen LogP contribution in [0.2, 0.25) is 0 Å². The molecule has 0 atom stereocenters. The number of benzene rings is 3. The van der Waals surface area contributed by atoms with E-state index in [0.29, 0.717) is 59.6 Å². The predicted molar refractivity (Wildman–Crippen MR) is 157 cm³/mol. The van der Waals surface area contributed by atoms with Gasteiger partial charge in [0.2, 0.25) is 0 Å². The second-order valence-corrected chi connectivity index (χ2v) is 11.4. The number of methoxy groups -OCH3 is 1. The van der Waals surface area contributed by atoms with E-state index in [1.807, 2.05) is 9.80 Å². The largest absolute Gasteiger partial charge is 0.493 e. The zero-order valence-corrected chi connectivity index (χ0v) is 25.1. The fraction of sp³-hybridized carbons (Fsp3) is 0.290. The minimum atomic E-state index is -5.05. The molecular weight excluding hydrogens is 665 g/mol. The monoisotopic (exact) mass is 689 g/mol. The van der Waals surface area contributed by atoms with Crippen molar-refractivity contribution >= 4 is 34.6 Å². The van der Waals surface area contributed by atoms with Crippen LogP contribution in [0.4, 0.5) is 45.2 Å². The van der Waals surface area contributed by atoms with E-state index >= 15 is 0 Å². The van der Waals surface area contributed by atoms with E-state index in [1.165, 1.54) is 37.4 Å². The van der Waals surface area contributed by atoms with Crippen LogP contribution in [0.5, 0.6) is 11.5 Å². The summed E-state index contributed by atoms with van der Waals surface area (Å²) in [7, 11) is 1.29. The lowest BCUT2D eigenvalue weighted by atomic mass is 10.0. The molecule has 0 radical (unpaired) electrons. The average Bonchev–Trinajstić information content (AvgIpc) is 3.38. The maximum Gasteiger partial charge on any atom is 0.416 e. The summed E-state index contributed by atoms with van der Waals surface area (Å²) in [6.45, 7) is 1.24. The molecule has 1 fully saturated rings. The Morgan fingerprint density at radius 2 is 1.38 bits per heavy atom. The molecule has 2 heterocycles. The SMILES string of the molecule is COc1cc(C=C2SC(N3CCN(c4ccc(C(F)(F)F)cc4)CC3)=NC2=O)ccc1OCc1ccc(C(F)(F)F)cc1C(F)(F)F. The number of carbonyl (C=O) groups excluding carboxylic acids is 1. The van der Waals surface area contributed by atoms with E-state index in [2.05, 4.69) is 4.99 Å². The van der Waals surface area contributed by atoms with Crippen LogP contribution in [0.25, 0.3) is 6.08 Å². The van der Waals surface area contributed by atoms with Crippen LogP contribution in [0.1, 0.15) is 27.8 Å². The molecule has 16 heteroatoms. The van der Waals surface area contributed by atoms with E-state index in [9.17, 15) is 44.3 Å². The van der Waals surface area contributed by atoms with Crippen LogP contribution in [0, 0.1) is 0 Å². The van der Waals surface area contributed by atoms with Crippen LogP contribution in [-0.4, -0.2) is 49.3 Å². The average molecular weight is 690 g/mol. The highest BCUT2D eigenvalue weighted by Crippen LogP contribution is 2.39. The lowest BCUT2D eigenvalue weighted by Crippen LogP contribution is -2.47. The van der Waals surface area contributed by atoms with Crippen molar-refractivity contribution in [3.63, 3.8) is 0 Å². The highest BCUT2D eigenvalue weighted by Gasteiger charge is 2.38. The molecule has 1 amide bonds. The summed E-state index contributed by atoms with van der Waals surface area (Å²) in [5.74, 6) is -0.358. The number of anilines is 1. The number of rotatable bonds is 6. The molecule has 2 aliphatic heterocycles. The van der Waals surface area contributed by atoms with Gasteiger partial charge in [0.05, 0.1) is 28.7 Å². The lowest BCUT2D eigenvalue weighted by molar-refractivity contribution is -0.143. The molecule has 0 spiro atoms. The second-order valence-electron chi connectivity index (χ2n) is 10.4. The fourth-order valence-corrected chi connectivity index (χ4v) is 5.86. The van der Waals surface area contributed by atoms with E-state index in [4.69, 9.17) is 9.47 Å². The van der Waals surface area contributed by atoms with Crippen molar-refractivity contribution < 1.29 is 53.8 Å².